The molecule has 8 nitrogen and oxygen atoms in total. The number of amides is 2. The number of phenolic OH excluding ortho intramolecular Hbond substituents is 1. The van der Waals surface area contributed by atoms with Gasteiger partial charge in [-0.3, -0.25) is 9.59 Å². The van der Waals surface area contributed by atoms with Crippen molar-refractivity contribution in [3.8, 4) is 17.6 Å². The van der Waals surface area contributed by atoms with Gasteiger partial charge in [0.25, 0.3) is 5.91 Å². The Bertz CT molecular complexity index is 1460. The van der Waals surface area contributed by atoms with Gasteiger partial charge in [0.2, 0.25) is 5.91 Å². The van der Waals surface area contributed by atoms with Crippen molar-refractivity contribution >= 4 is 29.3 Å². The molecule has 0 aliphatic carbocycles. The van der Waals surface area contributed by atoms with Gasteiger partial charge in [-0.1, -0.05) is 66.4 Å². The van der Waals surface area contributed by atoms with E-state index in [2.05, 4.69) is 22.0 Å². The van der Waals surface area contributed by atoms with Crippen LogP contribution in [0, 0.1) is 11.3 Å². The Labute approximate surface area is 231 Å². The van der Waals surface area contributed by atoms with Crippen molar-refractivity contribution in [2.75, 3.05) is 18.2 Å². The van der Waals surface area contributed by atoms with E-state index in [4.69, 9.17) is 4.74 Å². The molecule has 0 aromatic heterocycles. The molecule has 1 heterocycles. The minimum atomic E-state index is -0.760. The molecule has 2 amide bonds. The van der Waals surface area contributed by atoms with Crippen molar-refractivity contribution in [2.24, 2.45) is 0 Å². The number of rotatable bonds is 9. The van der Waals surface area contributed by atoms with Crippen LogP contribution in [0.5, 0.6) is 11.5 Å². The van der Waals surface area contributed by atoms with Crippen LogP contribution in [0.1, 0.15) is 24.0 Å². The Morgan fingerprint density at radius 3 is 2.44 bits per heavy atom. The zero-order valence-electron chi connectivity index (χ0n) is 21.5. The number of phenols is 1. The van der Waals surface area contributed by atoms with Crippen molar-refractivity contribution in [3.05, 3.63) is 112 Å². The van der Waals surface area contributed by atoms with Gasteiger partial charge in [0.1, 0.15) is 0 Å². The minimum Gasteiger partial charge on any atom is -0.504 e. The summed E-state index contributed by atoms with van der Waals surface area (Å²) in [5.74, 6) is -1.08. The second-order valence-electron chi connectivity index (χ2n) is 8.75. The number of benzene rings is 3. The molecule has 3 aromatic carbocycles. The average molecular weight is 541 g/mol. The van der Waals surface area contributed by atoms with Crippen LogP contribution in [0.2, 0.25) is 0 Å². The molecule has 1 aliphatic heterocycles. The molecule has 0 saturated carbocycles. The maximum Gasteiger partial charge on any atom is 0.254 e. The monoisotopic (exact) mass is 540 g/mol. The highest BCUT2D eigenvalue weighted by atomic mass is 32.2. The van der Waals surface area contributed by atoms with Gasteiger partial charge in [0.05, 0.1) is 35.5 Å². The lowest BCUT2D eigenvalue weighted by Gasteiger charge is -2.30. The summed E-state index contributed by atoms with van der Waals surface area (Å²) in [6.45, 7) is 2.16. The summed E-state index contributed by atoms with van der Waals surface area (Å²) in [5, 5.41) is 29.9. The number of nitrogens with one attached hydrogen (secondary N) is 3. The zero-order chi connectivity index (χ0) is 27.8. The summed E-state index contributed by atoms with van der Waals surface area (Å²) in [7, 11) is 1.43. The molecule has 0 bridgehead atoms. The number of hydrogen-bond donors (Lipinski definition) is 4. The predicted molar refractivity (Wildman–Crippen MR) is 152 cm³/mol. The van der Waals surface area contributed by atoms with E-state index in [9.17, 15) is 20.0 Å². The lowest BCUT2D eigenvalue weighted by molar-refractivity contribution is -0.118. The van der Waals surface area contributed by atoms with Crippen molar-refractivity contribution in [3.63, 3.8) is 0 Å². The lowest BCUT2D eigenvalue weighted by atomic mass is 9.82. The number of carbonyl (C=O) groups excluding carboxylic acids is 2. The number of allylic oxidation sites excluding steroid dienone is 2. The molecular weight excluding hydrogens is 512 g/mol. The first-order valence-corrected chi connectivity index (χ1v) is 13.2. The fourth-order valence-electron chi connectivity index (χ4n) is 4.24. The molecule has 0 radical (unpaired) electrons. The summed E-state index contributed by atoms with van der Waals surface area (Å²) in [6, 6.07) is 25.6. The van der Waals surface area contributed by atoms with E-state index >= 15 is 0 Å². The highest BCUT2D eigenvalue weighted by Gasteiger charge is 2.35. The molecule has 1 atom stereocenters. The Kier molecular flexibility index (Phi) is 8.92. The Morgan fingerprint density at radius 1 is 1.08 bits per heavy atom. The summed E-state index contributed by atoms with van der Waals surface area (Å²) < 4.78 is 5.29. The highest BCUT2D eigenvalue weighted by molar-refractivity contribution is 8.03. The van der Waals surface area contributed by atoms with Gasteiger partial charge in [-0.05, 0) is 42.3 Å². The lowest BCUT2D eigenvalue weighted by Crippen LogP contribution is -2.31. The number of hydrogen-bond acceptors (Lipinski definition) is 7. The predicted octanol–water partition coefficient (Wildman–Crippen LogP) is 4.79. The first kappa shape index (κ1) is 27.4. The van der Waals surface area contributed by atoms with Gasteiger partial charge in [0.15, 0.2) is 11.5 Å². The van der Waals surface area contributed by atoms with E-state index in [-0.39, 0.29) is 34.6 Å². The fraction of sp³-hybridized carbons (Fsp3) is 0.167. The standard InChI is InChI=1S/C30H28N4O4S/c1-19-27(29(37)34-22-11-7-4-8-12-22)28(21-13-14-24(35)25(15-21)38-2)23(16-31)30(33-19)39-18-26(36)32-17-20-9-5-3-6-10-20/h3-15,28,33,35H,17-18H2,1-2H3,(H,32,36)(H,34,37)/t28-/m1/s1. The second kappa shape index (κ2) is 12.7. The molecule has 1 aliphatic rings. The number of para-hydroxylation sites is 1. The molecule has 0 saturated heterocycles. The van der Waals surface area contributed by atoms with Crippen LogP contribution in [0.25, 0.3) is 0 Å². The quantitative estimate of drug-likeness (QED) is 0.308. The van der Waals surface area contributed by atoms with Crippen molar-refractivity contribution < 1.29 is 19.4 Å². The number of nitrogens with zero attached hydrogens (tertiary/aromatic N) is 1. The number of thioether (sulfide) groups is 1. The third kappa shape index (κ3) is 6.61. The maximum atomic E-state index is 13.5. The molecule has 9 heteroatoms. The molecule has 39 heavy (non-hydrogen) atoms. The SMILES string of the molecule is COc1cc([C@@H]2C(C#N)=C(SCC(=O)NCc3ccccc3)NC(C)=C2C(=O)Nc2ccccc2)ccc1O. The smallest absolute Gasteiger partial charge is 0.254 e. The summed E-state index contributed by atoms with van der Waals surface area (Å²) >= 11 is 1.19. The number of methoxy groups -OCH3 is 1. The van der Waals surface area contributed by atoms with Gasteiger partial charge in [-0.15, -0.1) is 0 Å². The zero-order valence-corrected chi connectivity index (χ0v) is 22.3. The first-order chi connectivity index (χ1) is 18.9. The van der Waals surface area contributed by atoms with Gasteiger partial charge >= 0.3 is 0 Å². The number of carbonyl (C=O) groups is 2. The number of dihydropyridines is 1. The van der Waals surface area contributed by atoms with E-state index in [1.54, 1.807) is 31.2 Å². The Morgan fingerprint density at radius 2 is 1.77 bits per heavy atom. The minimum absolute atomic E-state index is 0.0571. The van der Waals surface area contributed by atoms with Crippen molar-refractivity contribution in [1.82, 2.24) is 10.6 Å². The van der Waals surface area contributed by atoms with E-state index in [0.29, 0.717) is 34.1 Å². The highest BCUT2D eigenvalue weighted by Crippen LogP contribution is 2.43. The van der Waals surface area contributed by atoms with E-state index in [1.165, 1.54) is 24.9 Å². The van der Waals surface area contributed by atoms with Gasteiger partial charge in [-0.25, -0.2) is 0 Å². The number of anilines is 1. The van der Waals surface area contributed by atoms with Crippen LogP contribution in [0.15, 0.2) is 101 Å². The van der Waals surface area contributed by atoms with Gasteiger partial charge in [0, 0.05) is 23.5 Å². The number of ether oxygens (including phenoxy) is 1. The van der Waals surface area contributed by atoms with Crippen LogP contribution < -0.4 is 20.7 Å². The molecule has 0 fully saturated rings. The fourth-order valence-corrected chi connectivity index (χ4v) is 5.16. The Hall–Kier alpha value is -4.68. The topological polar surface area (TPSA) is 123 Å². The first-order valence-electron chi connectivity index (χ1n) is 12.2. The maximum absolute atomic E-state index is 13.5. The molecule has 0 unspecified atom stereocenters. The number of nitriles is 1. The van der Waals surface area contributed by atoms with Crippen molar-refractivity contribution in [2.45, 2.75) is 19.4 Å². The van der Waals surface area contributed by atoms with Crippen LogP contribution in [0.3, 0.4) is 0 Å². The molecule has 198 valence electrons. The summed E-state index contributed by atoms with van der Waals surface area (Å²) in [5.41, 5.74) is 3.37. The van der Waals surface area contributed by atoms with Gasteiger partial charge < -0.3 is 25.8 Å². The largest absolute Gasteiger partial charge is 0.504 e. The third-order valence-corrected chi connectivity index (χ3v) is 7.16. The van der Waals surface area contributed by atoms with Crippen LogP contribution >= 0.6 is 11.8 Å². The third-order valence-electron chi connectivity index (χ3n) is 6.14. The summed E-state index contributed by atoms with van der Waals surface area (Å²) in [4.78, 5) is 26.1. The van der Waals surface area contributed by atoms with Crippen LogP contribution in [-0.4, -0.2) is 29.8 Å². The van der Waals surface area contributed by atoms with Crippen LogP contribution in [-0.2, 0) is 16.1 Å². The van der Waals surface area contributed by atoms with E-state index in [1.807, 2.05) is 48.5 Å². The summed E-state index contributed by atoms with van der Waals surface area (Å²) in [6.07, 6.45) is 0. The van der Waals surface area contributed by atoms with Crippen molar-refractivity contribution in [1.29, 1.82) is 5.26 Å². The molecule has 0 spiro atoms. The molecule has 4 rings (SSSR count). The molecule has 4 N–H and O–H groups in total. The van der Waals surface area contributed by atoms with Gasteiger partial charge in [-0.2, -0.15) is 5.26 Å². The molecule has 3 aromatic rings. The van der Waals surface area contributed by atoms with Crippen LogP contribution in [0.4, 0.5) is 5.69 Å². The molecular formula is C30H28N4O4S. The average Bonchev–Trinajstić information content (AvgIpc) is 2.95. The number of aromatic hydroxyl groups is 1. The van der Waals surface area contributed by atoms with E-state index < -0.39 is 5.92 Å². The normalized spacial score (nSPS) is 14.7. The Balaban J connectivity index is 1.63. The van der Waals surface area contributed by atoms with E-state index in [0.717, 1.165) is 5.56 Å². The second-order valence-corrected chi connectivity index (χ2v) is 9.74.